The molecule has 248 valence electrons. The van der Waals surface area contributed by atoms with Crippen LogP contribution in [0.3, 0.4) is 0 Å². The molecule has 1 aliphatic heterocycles. The maximum absolute atomic E-state index is 16.2. The Morgan fingerprint density at radius 2 is 1.81 bits per heavy atom. The van der Waals surface area contributed by atoms with Gasteiger partial charge in [-0.25, -0.2) is 9.18 Å². The van der Waals surface area contributed by atoms with Gasteiger partial charge in [-0.15, -0.1) is 23.5 Å². The van der Waals surface area contributed by atoms with Gasteiger partial charge in [-0.1, -0.05) is 24.3 Å². The van der Waals surface area contributed by atoms with Crippen molar-refractivity contribution in [1.29, 1.82) is 0 Å². The van der Waals surface area contributed by atoms with Crippen molar-refractivity contribution in [3.8, 4) is 16.9 Å². The number of carbonyl (C=O) groups is 1. The number of fused-ring (bicyclic) bond motifs is 8. The average Bonchev–Trinajstić information content (AvgIpc) is 3.67. The van der Waals surface area contributed by atoms with Gasteiger partial charge in [0.15, 0.2) is 0 Å². The standard InChI is InChI=1S/C37H38FN5O3S2/c1-21(2)43-31-20-47-18-24-16-25(42(5)40-24)19-48-26-15-23-9-6-7-10-27(23)32(17-26)46-14-8-11-28-29-12-13-30(38)34(33(31)22(3)39-43)35(29)41(4)36(28)37(44)45/h6-7,9-10,12-13,15-17,21H,8,11,14,18-20H2,1-5H3,(H,44,45). The van der Waals surface area contributed by atoms with Crippen molar-refractivity contribution in [3.05, 3.63) is 94.4 Å². The molecule has 0 amide bonds. The van der Waals surface area contributed by atoms with E-state index in [0.29, 0.717) is 53.3 Å². The zero-order valence-corrected chi connectivity index (χ0v) is 29.3. The lowest BCUT2D eigenvalue weighted by Gasteiger charge is -2.14. The lowest BCUT2D eigenvalue weighted by Crippen LogP contribution is -2.09. The number of carboxylic acid groups (broad SMARTS) is 1. The first-order valence-corrected chi connectivity index (χ1v) is 18.3. The molecule has 1 N–H and O–H groups in total. The van der Waals surface area contributed by atoms with Crippen molar-refractivity contribution in [2.75, 3.05) is 6.61 Å². The van der Waals surface area contributed by atoms with Gasteiger partial charge in [0.2, 0.25) is 0 Å². The van der Waals surface area contributed by atoms with Gasteiger partial charge in [0.1, 0.15) is 17.3 Å². The molecule has 0 spiro atoms. The Morgan fingerprint density at radius 1 is 1.00 bits per heavy atom. The van der Waals surface area contributed by atoms with Gasteiger partial charge < -0.3 is 14.4 Å². The van der Waals surface area contributed by atoms with Crippen LogP contribution in [0.25, 0.3) is 32.8 Å². The molecule has 0 radical (unpaired) electrons. The van der Waals surface area contributed by atoms with Crippen LogP contribution in [0.5, 0.6) is 5.75 Å². The minimum absolute atomic E-state index is 0.0522. The first kappa shape index (κ1) is 32.3. The zero-order valence-electron chi connectivity index (χ0n) is 27.7. The Morgan fingerprint density at radius 3 is 2.60 bits per heavy atom. The molecule has 3 aromatic carbocycles. The second-order valence-corrected chi connectivity index (χ2v) is 14.6. The number of aromatic carboxylic acids is 1. The summed E-state index contributed by atoms with van der Waals surface area (Å²) in [6.45, 7) is 6.44. The molecular weight excluding hydrogens is 646 g/mol. The Labute approximate surface area is 287 Å². The number of aromatic nitrogens is 5. The van der Waals surface area contributed by atoms with E-state index in [1.807, 2.05) is 35.5 Å². The van der Waals surface area contributed by atoms with Crippen LogP contribution in [0.15, 0.2) is 59.5 Å². The van der Waals surface area contributed by atoms with Crippen molar-refractivity contribution < 1.29 is 19.0 Å². The van der Waals surface area contributed by atoms with Gasteiger partial charge in [-0.2, -0.15) is 10.2 Å². The van der Waals surface area contributed by atoms with Crippen LogP contribution in [-0.4, -0.2) is 41.8 Å². The fourth-order valence-electron chi connectivity index (χ4n) is 6.92. The molecule has 3 aromatic heterocycles. The molecule has 0 saturated carbocycles. The summed E-state index contributed by atoms with van der Waals surface area (Å²) < 4.78 is 28.1. The maximum Gasteiger partial charge on any atom is 0.352 e. The van der Waals surface area contributed by atoms with Crippen molar-refractivity contribution in [1.82, 2.24) is 24.1 Å². The van der Waals surface area contributed by atoms with Crippen LogP contribution < -0.4 is 4.74 Å². The van der Waals surface area contributed by atoms with Crippen LogP contribution >= 0.6 is 23.5 Å². The summed E-state index contributed by atoms with van der Waals surface area (Å²) >= 11 is 3.46. The number of ether oxygens (including phenoxy) is 1. The van der Waals surface area contributed by atoms with E-state index in [2.05, 4.69) is 44.2 Å². The summed E-state index contributed by atoms with van der Waals surface area (Å²) in [4.78, 5) is 13.9. The van der Waals surface area contributed by atoms with E-state index in [1.165, 1.54) is 6.07 Å². The second kappa shape index (κ2) is 13.0. The molecule has 0 saturated heterocycles. The lowest BCUT2D eigenvalue weighted by atomic mass is 9.98. The first-order valence-electron chi connectivity index (χ1n) is 16.1. The minimum atomic E-state index is -1.04. The molecule has 0 fully saturated rings. The summed E-state index contributed by atoms with van der Waals surface area (Å²) in [5, 5.41) is 23.0. The van der Waals surface area contributed by atoms with Crippen LogP contribution in [0.4, 0.5) is 4.39 Å². The fraction of sp³-hybridized carbons (Fsp3) is 0.324. The van der Waals surface area contributed by atoms with E-state index < -0.39 is 11.8 Å². The molecule has 1 aliphatic rings. The molecule has 8 bridgehead atoms. The average molecular weight is 684 g/mol. The zero-order chi connectivity index (χ0) is 33.7. The number of aryl methyl sites for hydroxylation is 4. The quantitative estimate of drug-likeness (QED) is 0.195. The van der Waals surface area contributed by atoms with E-state index in [1.54, 1.807) is 41.2 Å². The van der Waals surface area contributed by atoms with Gasteiger partial charge in [-0.05, 0) is 74.9 Å². The number of nitrogens with zero attached hydrogens (tertiary/aromatic N) is 5. The Kier molecular flexibility index (Phi) is 8.76. The monoisotopic (exact) mass is 683 g/mol. The number of carboxylic acids is 1. The smallest absolute Gasteiger partial charge is 0.352 e. The summed E-state index contributed by atoms with van der Waals surface area (Å²) in [5.74, 6) is 1.39. The molecule has 11 heteroatoms. The third-order valence-corrected chi connectivity index (χ3v) is 11.1. The van der Waals surface area contributed by atoms with Crippen molar-refractivity contribution in [2.45, 2.75) is 61.8 Å². The van der Waals surface area contributed by atoms with Crippen molar-refractivity contribution >= 4 is 51.2 Å². The van der Waals surface area contributed by atoms with Gasteiger partial charge in [0.25, 0.3) is 0 Å². The van der Waals surface area contributed by atoms with E-state index in [4.69, 9.17) is 14.9 Å². The molecule has 0 unspecified atom stereocenters. The number of halogens is 1. The normalized spacial score (nSPS) is 14.3. The SMILES string of the molecule is Cc1nn(C(C)C)c2c1-c1c(F)ccc3c(c(C(=O)O)n(C)c13)CCCOc1cc(cc3ccccc13)SCc1cc(nn1C)CSC2. The van der Waals surface area contributed by atoms with Gasteiger partial charge in [-0.3, -0.25) is 9.36 Å². The Hall–Kier alpha value is -4.22. The van der Waals surface area contributed by atoms with Crippen LogP contribution in [-0.2, 0) is 37.8 Å². The topological polar surface area (TPSA) is 87.1 Å². The van der Waals surface area contributed by atoms with Gasteiger partial charge >= 0.3 is 5.97 Å². The van der Waals surface area contributed by atoms with Crippen molar-refractivity contribution in [2.24, 2.45) is 14.1 Å². The summed E-state index contributed by atoms with van der Waals surface area (Å²) in [6, 6.07) is 17.9. The molecule has 6 aromatic rings. The number of hydrogen-bond acceptors (Lipinski definition) is 6. The lowest BCUT2D eigenvalue weighted by molar-refractivity contribution is 0.0685. The summed E-state index contributed by atoms with van der Waals surface area (Å²) in [6.07, 6.45) is 1.05. The van der Waals surface area contributed by atoms with E-state index in [9.17, 15) is 9.90 Å². The largest absolute Gasteiger partial charge is 0.493 e. The molecule has 0 atom stereocenters. The Bertz CT molecular complexity index is 2200. The van der Waals surface area contributed by atoms with E-state index in [0.717, 1.165) is 55.2 Å². The van der Waals surface area contributed by atoms with Crippen LogP contribution in [0.2, 0.25) is 0 Å². The van der Waals surface area contributed by atoms with Crippen LogP contribution in [0, 0.1) is 12.7 Å². The highest BCUT2D eigenvalue weighted by Crippen LogP contribution is 2.41. The van der Waals surface area contributed by atoms with E-state index in [-0.39, 0.29) is 11.7 Å². The number of hydrogen-bond donors (Lipinski definition) is 1. The van der Waals surface area contributed by atoms with E-state index >= 15 is 4.39 Å². The summed E-state index contributed by atoms with van der Waals surface area (Å²) in [5.41, 5.74) is 6.26. The fourth-order valence-corrected chi connectivity index (χ4v) is 8.83. The highest BCUT2D eigenvalue weighted by atomic mass is 32.2. The maximum atomic E-state index is 16.2. The number of rotatable bonds is 2. The number of benzene rings is 3. The Balaban J connectivity index is 1.38. The highest BCUT2D eigenvalue weighted by molar-refractivity contribution is 7.98. The van der Waals surface area contributed by atoms with Crippen molar-refractivity contribution in [3.63, 3.8) is 0 Å². The molecule has 0 aliphatic carbocycles. The second-order valence-electron chi connectivity index (χ2n) is 12.6. The highest BCUT2D eigenvalue weighted by Gasteiger charge is 2.28. The third kappa shape index (κ3) is 5.77. The first-order chi connectivity index (χ1) is 23.1. The minimum Gasteiger partial charge on any atom is -0.493 e. The number of thioether (sulfide) groups is 2. The molecule has 4 heterocycles. The van der Waals surface area contributed by atoms with Crippen LogP contribution in [0.1, 0.15) is 65.1 Å². The molecule has 7 rings (SSSR count). The van der Waals surface area contributed by atoms with Gasteiger partial charge in [0.05, 0.1) is 29.2 Å². The predicted molar refractivity (Wildman–Crippen MR) is 192 cm³/mol. The van der Waals surface area contributed by atoms with Gasteiger partial charge in [0, 0.05) is 69.9 Å². The molecular formula is C37H38FN5O3S2. The molecule has 48 heavy (non-hydrogen) atoms. The third-order valence-electron chi connectivity index (χ3n) is 9.06. The molecule has 8 nitrogen and oxygen atoms in total. The predicted octanol–water partition coefficient (Wildman–Crippen LogP) is 8.71. The summed E-state index contributed by atoms with van der Waals surface area (Å²) in [7, 11) is 3.70.